The number of carbonyl (C=O) groups excluding carboxylic acids is 2. The summed E-state index contributed by atoms with van der Waals surface area (Å²) < 4.78 is 0. The number of amides is 1. The van der Waals surface area contributed by atoms with Crippen molar-refractivity contribution in [3.63, 3.8) is 0 Å². The average molecular weight is 449 g/mol. The van der Waals surface area contributed by atoms with E-state index in [0.29, 0.717) is 17.8 Å². The van der Waals surface area contributed by atoms with Crippen molar-refractivity contribution in [1.29, 1.82) is 0 Å². The van der Waals surface area contributed by atoms with Gasteiger partial charge in [-0.1, -0.05) is 24.3 Å². The first-order valence-electron chi connectivity index (χ1n) is 9.97. The predicted octanol–water partition coefficient (Wildman–Crippen LogP) is 5.42. The molecule has 0 bridgehead atoms. The lowest BCUT2D eigenvalue weighted by molar-refractivity contribution is -0.129. The van der Waals surface area contributed by atoms with E-state index >= 15 is 0 Å². The number of hydrogen-bond acceptors (Lipinski definition) is 5. The molecule has 3 aromatic heterocycles. The highest BCUT2D eigenvalue weighted by Crippen LogP contribution is 2.42. The molecule has 0 saturated carbocycles. The summed E-state index contributed by atoms with van der Waals surface area (Å²) in [5, 5.41) is 15.6. The molecule has 1 atom stereocenters. The van der Waals surface area contributed by atoms with Gasteiger partial charge >= 0.3 is 0 Å². The molecular weight excluding hydrogens is 428 g/mol. The van der Waals surface area contributed by atoms with E-state index in [4.69, 9.17) is 0 Å². The zero-order valence-electron chi connectivity index (χ0n) is 16.8. The zero-order valence-corrected chi connectivity index (χ0v) is 18.4. The van der Waals surface area contributed by atoms with Gasteiger partial charge in [-0.05, 0) is 53.4 Å². The Labute approximate surface area is 187 Å². The number of carbonyl (C=O) groups is 2. The molecule has 5 rings (SSSR count). The van der Waals surface area contributed by atoms with Gasteiger partial charge < -0.3 is 15.0 Å². The maximum Gasteiger partial charge on any atom is 0.290 e. The van der Waals surface area contributed by atoms with Gasteiger partial charge in [-0.15, -0.1) is 22.7 Å². The minimum absolute atomic E-state index is 0.178. The largest absolute Gasteiger partial charge is 0.503 e. The number of H-pyrrole nitrogens is 1. The van der Waals surface area contributed by atoms with Crippen molar-refractivity contribution in [3.8, 4) is 0 Å². The van der Waals surface area contributed by atoms with Crippen LogP contribution in [0, 0.1) is 6.92 Å². The van der Waals surface area contributed by atoms with Gasteiger partial charge in [0.15, 0.2) is 5.76 Å². The number of fused-ring (bicyclic) bond motifs is 1. The lowest BCUT2D eigenvalue weighted by Crippen LogP contribution is -2.32. The summed E-state index contributed by atoms with van der Waals surface area (Å²) in [6.45, 7) is 2.37. The van der Waals surface area contributed by atoms with Crippen molar-refractivity contribution in [2.45, 2.75) is 19.4 Å². The summed E-state index contributed by atoms with van der Waals surface area (Å²) in [5.74, 6) is -1.21. The number of para-hydroxylation sites is 1. The third kappa shape index (κ3) is 3.30. The summed E-state index contributed by atoms with van der Waals surface area (Å²) in [4.78, 5) is 32.7. The number of benzene rings is 1. The van der Waals surface area contributed by atoms with Crippen LogP contribution in [0.1, 0.15) is 31.7 Å². The first-order chi connectivity index (χ1) is 15.1. The minimum atomic E-state index is -0.577. The number of nitrogens with zero attached hydrogens (tertiary/aromatic N) is 1. The number of hydrogen-bond donors (Lipinski definition) is 2. The molecule has 1 unspecified atom stereocenters. The lowest BCUT2D eigenvalue weighted by atomic mass is 9.99. The van der Waals surface area contributed by atoms with Crippen molar-refractivity contribution in [2.75, 3.05) is 6.54 Å². The first-order valence-corrected chi connectivity index (χ1v) is 11.7. The van der Waals surface area contributed by atoms with Crippen LogP contribution in [-0.4, -0.2) is 33.2 Å². The third-order valence-corrected chi connectivity index (χ3v) is 7.68. The fourth-order valence-corrected chi connectivity index (χ4v) is 5.90. The van der Waals surface area contributed by atoms with Gasteiger partial charge in [0.25, 0.3) is 5.91 Å². The smallest absolute Gasteiger partial charge is 0.290 e. The molecule has 0 spiro atoms. The Morgan fingerprint density at radius 2 is 1.97 bits per heavy atom. The van der Waals surface area contributed by atoms with Crippen molar-refractivity contribution < 1.29 is 14.7 Å². The van der Waals surface area contributed by atoms with E-state index in [9.17, 15) is 14.7 Å². The van der Waals surface area contributed by atoms with Crippen LogP contribution in [-0.2, 0) is 11.2 Å². The topological polar surface area (TPSA) is 73.4 Å². The number of aromatic nitrogens is 1. The number of rotatable bonds is 6. The molecule has 1 aliphatic heterocycles. The predicted molar refractivity (Wildman–Crippen MR) is 124 cm³/mol. The van der Waals surface area contributed by atoms with Gasteiger partial charge in [0, 0.05) is 28.5 Å². The first kappa shape index (κ1) is 19.8. The van der Waals surface area contributed by atoms with Gasteiger partial charge in [0.1, 0.15) is 0 Å². The number of aliphatic hydroxyl groups excluding tert-OH is 1. The Morgan fingerprint density at radius 1 is 1.13 bits per heavy atom. The number of Topliss-reactive ketones (excluding diaryl/α,β-unsaturated/α-hetero) is 1. The maximum atomic E-state index is 13.2. The van der Waals surface area contributed by atoms with E-state index in [1.165, 1.54) is 22.7 Å². The Bertz CT molecular complexity index is 1310. The Morgan fingerprint density at radius 3 is 2.71 bits per heavy atom. The molecule has 4 aromatic rings. The van der Waals surface area contributed by atoms with Crippen LogP contribution in [0.15, 0.2) is 70.8 Å². The minimum Gasteiger partial charge on any atom is -0.503 e. The molecule has 1 aromatic carbocycles. The molecule has 2 N–H and O–H groups in total. The van der Waals surface area contributed by atoms with Gasteiger partial charge in [-0.2, -0.15) is 0 Å². The van der Waals surface area contributed by atoms with Crippen LogP contribution in [0.5, 0.6) is 0 Å². The summed E-state index contributed by atoms with van der Waals surface area (Å²) in [7, 11) is 0. The highest BCUT2D eigenvalue weighted by molar-refractivity contribution is 7.12. The second-order valence-electron chi connectivity index (χ2n) is 7.55. The summed E-state index contributed by atoms with van der Waals surface area (Å²) in [6, 6.07) is 13.0. The van der Waals surface area contributed by atoms with Crippen LogP contribution in [0.4, 0.5) is 0 Å². The van der Waals surface area contributed by atoms with Crippen molar-refractivity contribution in [3.05, 3.63) is 91.6 Å². The van der Waals surface area contributed by atoms with E-state index < -0.39 is 17.7 Å². The van der Waals surface area contributed by atoms with Crippen LogP contribution in [0.25, 0.3) is 10.9 Å². The van der Waals surface area contributed by atoms with Crippen molar-refractivity contribution >= 4 is 45.3 Å². The number of thiophene rings is 2. The quantitative estimate of drug-likeness (QED) is 0.387. The molecule has 4 heterocycles. The molecule has 1 aliphatic rings. The summed E-state index contributed by atoms with van der Waals surface area (Å²) in [5.41, 5.74) is 3.33. The van der Waals surface area contributed by atoms with Crippen molar-refractivity contribution in [2.24, 2.45) is 0 Å². The number of nitrogens with one attached hydrogen (secondary N) is 1. The zero-order chi connectivity index (χ0) is 21.5. The van der Waals surface area contributed by atoms with E-state index in [1.807, 2.05) is 48.1 Å². The van der Waals surface area contributed by atoms with E-state index in [0.717, 1.165) is 26.9 Å². The van der Waals surface area contributed by atoms with Gasteiger partial charge in [-0.3, -0.25) is 9.59 Å². The normalized spacial score (nSPS) is 16.6. The lowest BCUT2D eigenvalue weighted by Gasteiger charge is -2.26. The molecule has 7 heteroatoms. The molecule has 5 nitrogen and oxygen atoms in total. The molecule has 31 heavy (non-hydrogen) atoms. The molecule has 0 radical (unpaired) electrons. The second-order valence-corrected chi connectivity index (χ2v) is 9.44. The molecule has 0 saturated heterocycles. The van der Waals surface area contributed by atoms with Gasteiger partial charge in [0.05, 0.1) is 16.5 Å². The number of ketones is 1. The van der Waals surface area contributed by atoms with Crippen LogP contribution >= 0.6 is 22.7 Å². The SMILES string of the molecule is Cc1ccsc1C1C(C(=O)c2cccs2)=C(O)C(=O)N1CCc1c[nH]c2ccccc12. The number of aryl methyl sites for hydroxylation is 1. The Kier molecular flexibility index (Phi) is 5.00. The van der Waals surface area contributed by atoms with Crippen molar-refractivity contribution in [1.82, 2.24) is 9.88 Å². The second kappa shape index (κ2) is 7.83. The highest BCUT2D eigenvalue weighted by Gasteiger charge is 2.44. The molecular formula is C24H20N2O3S2. The van der Waals surface area contributed by atoms with Gasteiger partial charge in [-0.25, -0.2) is 0 Å². The average Bonchev–Trinajstić information content (AvgIpc) is 3.56. The third-order valence-electron chi connectivity index (χ3n) is 5.74. The number of aliphatic hydroxyl groups is 1. The van der Waals surface area contributed by atoms with Gasteiger partial charge in [0.2, 0.25) is 5.78 Å². The Hall–Kier alpha value is -3.16. The maximum absolute atomic E-state index is 13.2. The fraction of sp³-hybridized carbons (Fsp3) is 0.167. The molecule has 0 aliphatic carbocycles. The summed E-state index contributed by atoms with van der Waals surface area (Å²) >= 11 is 2.82. The fourth-order valence-electron chi connectivity index (χ4n) is 4.17. The number of aromatic amines is 1. The van der Waals surface area contributed by atoms with E-state index in [-0.39, 0.29) is 11.4 Å². The monoisotopic (exact) mass is 448 g/mol. The van der Waals surface area contributed by atoms with E-state index in [1.54, 1.807) is 17.0 Å². The summed E-state index contributed by atoms with van der Waals surface area (Å²) in [6.07, 6.45) is 2.58. The van der Waals surface area contributed by atoms with Crippen LogP contribution < -0.4 is 0 Å². The standard InChI is InChI=1S/C24H20N2O3S2/c1-14-9-12-31-23(14)20-19(21(27)18-7-4-11-30-18)22(28)24(29)26(20)10-8-15-13-25-17-6-3-2-5-16(15)17/h2-7,9,11-13,20,25,28H,8,10H2,1H3. The highest BCUT2D eigenvalue weighted by atomic mass is 32.1. The Balaban J connectivity index is 1.51. The van der Waals surface area contributed by atoms with Crippen LogP contribution in [0.3, 0.4) is 0 Å². The van der Waals surface area contributed by atoms with E-state index in [2.05, 4.69) is 11.1 Å². The van der Waals surface area contributed by atoms with Crippen LogP contribution in [0.2, 0.25) is 0 Å². The molecule has 1 amide bonds. The molecule has 156 valence electrons. The molecule has 0 fully saturated rings.